The Morgan fingerprint density at radius 3 is 2.81 bits per heavy atom. The van der Waals surface area contributed by atoms with Gasteiger partial charge in [-0.1, -0.05) is 0 Å². The molecule has 1 atom stereocenters. The van der Waals surface area contributed by atoms with Gasteiger partial charge in [0.25, 0.3) is 0 Å². The molecule has 4 rings (SSSR count). The maximum atomic E-state index is 13.1. The second-order valence-electron chi connectivity index (χ2n) is 7.26. The number of aliphatic imine (C=N–C) groups is 1. The molecule has 2 N–H and O–H groups in total. The van der Waals surface area contributed by atoms with Crippen molar-refractivity contribution in [2.45, 2.75) is 19.4 Å². The van der Waals surface area contributed by atoms with Crippen molar-refractivity contribution in [2.75, 3.05) is 26.3 Å². The fraction of sp³-hybridized carbons (Fsp3) is 0.364. The first-order valence-electron chi connectivity index (χ1n) is 10.2. The van der Waals surface area contributed by atoms with Gasteiger partial charge in [-0.3, -0.25) is 0 Å². The first kappa shape index (κ1) is 23.3. The minimum absolute atomic E-state index is 0. The Hall–Kier alpha value is -2.40. The van der Waals surface area contributed by atoms with Crippen molar-refractivity contribution in [1.82, 2.24) is 20.4 Å². The monoisotopic (exact) mass is 539 g/mol. The normalized spacial score (nSPS) is 16.2. The quantitative estimate of drug-likeness (QED) is 0.260. The van der Waals surface area contributed by atoms with Gasteiger partial charge in [-0.25, -0.2) is 14.1 Å². The molecule has 166 valence electrons. The molecule has 1 aromatic carbocycles. The summed E-state index contributed by atoms with van der Waals surface area (Å²) in [4.78, 5) is 4.68. The van der Waals surface area contributed by atoms with Gasteiger partial charge >= 0.3 is 0 Å². The van der Waals surface area contributed by atoms with Crippen LogP contribution in [0.25, 0.3) is 5.69 Å². The van der Waals surface area contributed by atoms with Crippen LogP contribution in [-0.2, 0) is 17.7 Å². The largest absolute Gasteiger partial charge is 0.469 e. The molecule has 2 aromatic heterocycles. The summed E-state index contributed by atoms with van der Waals surface area (Å²) in [6.07, 6.45) is 5.37. The van der Waals surface area contributed by atoms with Crippen molar-refractivity contribution in [2.24, 2.45) is 10.9 Å². The van der Waals surface area contributed by atoms with E-state index in [9.17, 15) is 4.39 Å². The molecular formula is C22H27FIN5O2. The number of hydrogen-bond acceptors (Lipinski definition) is 4. The van der Waals surface area contributed by atoms with Gasteiger partial charge in [-0.2, -0.15) is 5.10 Å². The van der Waals surface area contributed by atoms with E-state index in [2.05, 4.69) is 20.7 Å². The lowest BCUT2D eigenvalue weighted by Gasteiger charge is -2.14. The fourth-order valence-corrected chi connectivity index (χ4v) is 3.26. The molecule has 0 bridgehead atoms. The molecule has 3 aromatic rings. The summed E-state index contributed by atoms with van der Waals surface area (Å²) in [6, 6.07) is 12.0. The number of halogens is 2. The molecule has 1 fully saturated rings. The predicted octanol–water partition coefficient (Wildman–Crippen LogP) is 3.54. The topological polar surface area (TPSA) is 76.6 Å². The molecule has 0 spiro atoms. The van der Waals surface area contributed by atoms with E-state index in [1.54, 1.807) is 23.1 Å². The van der Waals surface area contributed by atoms with Gasteiger partial charge in [0.2, 0.25) is 0 Å². The molecule has 31 heavy (non-hydrogen) atoms. The van der Waals surface area contributed by atoms with Crippen LogP contribution in [0.15, 0.2) is 64.3 Å². The van der Waals surface area contributed by atoms with Crippen molar-refractivity contribution in [1.29, 1.82) is 0 Å². The fourth-order valence-electron chi connectivity index (χ4n) is 3.26. The van der Waals surface area contributed by atoms with Crippen molar-refractivity contribution in [3.8, 4) is 5.69 Å². The lowest BCUT2D eigenvalue weighted by atomic mass is 10.1. The summed E-state index contributed by atoms with van der Waals surface area (Å²) in [5.74, 6) is 1.91. The van der Waals surface area contributed by atoms with Gasteiger partial charge in [0.15, 0.2) is 5.96 Å². The van der Waals surface area contributed by atoms with Crippen LogP contribution >= 0.6 is 24.0 Å². The molecule has 1 aliphatic rings. The highest BCUT2D eigenvalue weighted by Gasteiger charge is 2.15. The van der Waals surface area contributed by atoms with E-state index >= 15 is 0 Å². The third-order valence-corrected chi connectivity index (χ3v) is 4.96. The van der Waals surface area contributed by atoms with Gasteiger partial charge in [-0.05, 0) is 48.9 Å². The second kappa shape index (κ2) is 11.8. The molecule has 1 saturated heterocycles. The zero-order valence-corrected chi connectivity index (χ0v) is 19.5. The molecule has 7 nitrogen and oxygen atoms in total. The first-order valence-corrected chi connectivity index (χ1v) is 10.2. The summed E-state index contributed by atoms with van der Waals surface area (Å²) in [7, 11) is 0. The van der Waals surface area contributed by atoms with E-state index in [1.807, 2.05) is 24.4 Å². The smallest absolute Gasteiger partial charge is 0.191 e. The summed E-state index contributed by atoms with van der Waals surface area (Å²) in [5, 5.41) is 11.3. The number of furan rings is 1. The van der Waals surface area contributed by atoms with Crippen molar-refractivity contribution >= 4 is 29.9 Å². The third kappa shape index (κ3) is 7.06. The van der Waals surface area contributed by atoms with Crippen LogP contribution in [0.1, 0.15) is 17.9 Å². The second-order valence-corrected chi connectivity index (χ2v) is 7.26. The van der Waals surface area contributed by atoms with E-state index in [0.29, 0.717) is 19.0 Å². The lowest BCUT2D eigenvalue weighted by Crippen LogP contribution is -2.40. The number of benzene rings is 1. The lowest BCUT2D eigenvalue weighted by molar-refractivity contribution is 0.186. The van der Waals surface area contributed by atoms with Gasteiger partial charge < -0.3 is 19.8 Å². The van der Waals surface area contributed by atoms with E-state index in [0.717, 1.165) is 55.7 Å². The van der Waals surface area contributed by atoms with Crippen LogP contribution in [0.4, 0.5) is 4.39 Å². The summed E-state index contributed by atoms with van der Waals surface area (Å²) in [6.45, 7) is 3.58. The first-order chi connectivity index (χ1) is 14.8. The van der Waals surface area contributed by atoms with Crippen molar-refractivity contribution < 1.29 is 13.5 Å². The highest BCUT2D eigenvalue weighted by molar-refractivity contribution is 14.0. The number of rotatable bonds is 8. The zero-order valence-electron chi connectivity index (χ0n) is 17.2. The van der Waals surface area contributed by atoms with Crippen LogP contribution in [0, 0.1) is 11.7 Å². The molecule has 1 unspecified atom stereocenters. The number of aromatic nitrogens is 2. The van der Waals surface area contributed by atoms with E-state index in [1.165, 1.54) is 12.1 Å². The Kier molecular flexibility index (Phi) is 8.89. The standard InChI is InChI=1S/C22H26FN5O2.HI/c23-18-3-5-20(6-4-18)28-11-8-19(27-28)15-26-22(25-14-17-9-13-29-16-17)24-10-7-21-2-1-12-30-21;/h1-6,8,11-12,17H,7,9-10,13-16H2,(H2,24,25,26);1H. The molecule has 3 heterocycles. The SMILES string of the molecule is Fc1ccc(-n2ccc(CN=C(NCCc3ccco3)NCC3CCOC3)n2)cc1.I. The van der Waals surface area contributed by atoms with Gasteiger partial charge in [0.05, 0.1) is 30.8 Å². The van der Waals surface area contributed by atoms with E-state index < -0.39 is 0 Å². The van der Waals surface area contributed by atoms with Crippen LogP contribution in [0.2, 0.25) is 0 Å². The number of ether oxygens (including phenoxy) is 1. The van der Waals surface area contributed by atoms with Gasteiger partial charge in [0, 0.05) is 38.2 Å². The Morgan fingerprint density at radius 1 is 1.19 bits per heavy atom. The molecule has 1 aliphatic heterocycles. The Balaban J connectivity index is 0.00000272. The van der Waals surface area contributed by atoms with Crippen LogP contribution in [0.5, 0.6) is 0 Å². The van der Waals surface area contributed by atoms with Crippen LogP contribution in [-0.4, -0.2) is 42.0 Å². The van der Waals surface area contributed by atoms with Crippen LogP contribution < -0.4 is 10.6 Å². The number of hydrogen-bond donors (Lipinski definition) is 2. The predicted molar refractivity (Wildman–Crippen MR) is 127 cm³/mol. The number of guanidine groups is 1. The summed E-state index contributed by atoms with van der Waals surface area (Å²) in [5.41, 5.74) is 1.64. The maximum absolute atomic E-state index is 13.1. The minimum atomic E-state index is -0.264. The molecule has 0 aliphatic carbocycles. The van der Waals surface area contributed by atoms with Crippen LogP contribution in [0.3, 0.4) is 0 Å². The highest BCUT2D eigenvalue weighted by Crippen LogP contribution is 2.11. The van der Waals surface area contributed by atoms with E-state index in [4.69, 9.17) is 9.15 Å². The molecule has 0 saturated carbocycles. The van der Waals surface area contributed by atoms with Gasteiger partial charge in [0.1, 0.15) is 11.6 Å². The highest BCUT2D eigenvalue weighted by atomic mass is 127. The third-order valence-electron chi connectivity index (χ3n) is 4.96. The number of nitrogens with one attached hydrogen (secondary N) is 2. The molecular weight excluding hydrogens is 512 g/mol. The Labute approximate surface area is 198 Å². The average Bonchev–Trinajstić information content (AvgIpc) is 3.53. The molecule has 9 heteroatoms. The maximum Gasteiger partial charge on any atom is 0.191 e. The van der Waals surface area contributed by atoms with Crippen molar-refractivity contribution in [3.05, 3.63) is 72.2 Å². The zero-order chi connectivity index (χ0) is 20.6. The molecule has 0 radical (unpaired) electrons. The van der Waals surface area contributed by atoms with Gasteiger partial charge in [-0.15, -0.1) is 24.0 Å². The Bertz CT molecular complexity index is 937. The molecule has 0 amide bonds. The summed E-state index contributed by atoms with van der Waals surface area (Å²) >= 11 is 0. The Morgan fingerprint density at radius 2 is 2.06 bits per heavy atom. The summed E-state index contributed by atoms with van der Waals surface area (Å²) < 4.78 is 25.7. The van der Waals surface area contributed by atoms with Crippen molar-refractivity contribution in [3.63, 3.8) is 0 Å². The van der Waals surface area contributed by atoms with E-state index in [-0.39, 0.29) is 29.8 Å². The minimum Gasteiger partial charge on any atom is -0.469 e. The average molecular weight is 539 g/mol. The number of nitrogens with zero attached hydrogens (tertiary/aromatic N) is 3.